The van der Waals surface area contributed by atoms with Gasteiger partial charge in [0.1, 0.15) is 0 Å². The molecule has 3 aromatic rings. The summed E-state index contributed by atoms with van der Waals surface area (Å²) in [6, 6.07) is 14.0. The molecule has 6 heteroatoms. The van der Waals surface area contributed by atoms with E-state index in [1.54, 1.807) is 14.2 Å². The number of likely N-dealkylation sites (N-methyl/N-ethyl adjacent to an activating group) is 1. The summed E-state index contributed by atoms with van der Waals surface area (Å²) in [6.45, 7) is 0.535. The van der Waals surface area contributed by atoms with Gasteiger partial charge in [-0.1, -0.05) is 24.3 Å². The maximum absolute atomic E-state index is 12.6. The molecule has 0 aliphatic heterocycles. The quantitative estimate of drug-likeness (QED) is 0.637. The van der Waals surface area contributed by atoms with Crippen LogP contribution in [0.5, 0.6) is 11.5 Å². The monoisotopic (exact) mass is 395 g/mol. The molecule has 1 amide bonds. The van der Waals surface area contributed by atoms with Gasteiger partial charge in [0.2, 0.25) is 5.91 Å². The van der Waals surface area contributed by atoms with Crippen LogP contribution >= 0.6 is 0 Å². The van der Waals surface area contributed by atoms with Crippen molar-refractivity contribution in [3.05, 3.63) is 59.8 Å². The number of fused-ring (bicyclic) bond motifs is 1. The van der Waals surface area contributed by atoms with Gasteiger partial charge < -0.3 is 24.3 Å². The summed E-state index contributed by atoms with van der Waals surface area (Å²) in [5, 5.41) is 4.30. The van der Waals surface area contributed by atoms with Crippen molar-refractivity contribution in [3.63, 3.8) is 0 Å². The van der Waals surface area contributed by atoms with Crippen LogP contribution in [0.3, 0.4) is 0 Å². The summed E-state index contributed by atoms with van der Waals surface area (Å²) in [4.78, 5) is 14.7. The zero-order valence-electron chi connectivity index (χ0n) is 17.7. The first-order chi connectivity index (χ1) is 13.9. The fraction of sp³-hybridized carbons (Fsp3) is 0.348. The Bertz CT molecular complexity index is 994. The molecule has 0 aliphatic carbocycles. The molecule has 29 heavy (non-hydrogen) atoms. The van der Waals surface area contributed by atoms with Gasteiger partial charge in [0.15, 0.2) is 11.5 Å². The van der Waals surface area contributed by atoms with Gasteiger partial charge in [-0.25, -0.2) is 0 Å². The largest absolute Gasteiger partial charge is 0.493 e. The standard InChI is InChI=1S/C23H29N3O3/c1-25(2)20(18-15-26(3)19-9-7-6-8-17(18)19)14-24-23(27)13-16-10-11-21(28-4)22(12-16)29-5/h6-12,15,20H,13-14H2,1-5H3,(H,24,27). The molecular formula is C23H29N3O3. The second kappa shape index (κ2) is 9.01. The third-order valence-corrected chi connectivity index (χ3v) is 5.22. The van der Waals surface area contributed by atoms with Gasteiger partial charge in [0.25, 0.3) is 0 Å². The number of amides is 1. The van der Waals surface area contributed by atoms with Crippen molar-refractivity contribution in [1.29, 1.82) is 0 Å². The second-order valence-corrected chi connectivity index (χ2v) is 7.36. The minimum Gasteiger partial charge on any atom is -0.493 e. The number of rotatable bonds is 8. The normalized spacial score (nSPS) is 12.2. The fourth-order valence-electron chi connectivity index (χ4n) is 3.66. The summed E-state index contributed by atoms with van der Waals surface area (Å²) in [5.41, 5.74) is 3.28. The molecule has 2 aromatic carbocycles. The van der Waals surface area contributed by atoms with Gasteiger partial charge in [0, 0.05) is 30.7 Å². The van der Waals surface area contributed by atoms with Crippen molar-refractivity contribution in [2.75, 3.05) is 34.9 Å². The second-order valence-electron chi connectivity index (χ2n) is 7.36. The number of hydrogen-bond donors (Lipinski definition) is 1. The van der Waals surface area contributed by atoms with E-state index in [1.807, 2.05) is 51.5 Å². The summed E-state index contributed by atoms with van der Waals surface area (Å²) < 4.78 is 12.7. The number of nitrogens with one attached hydrogen (secondary N) is 1. The minimum absolute atomic E-state index is 0.0238. The molecule has 154 valence electrons. The number of carbonyl (C=O) groups is 1. The minimum atomic E-state index is -0.0238. The average molecular weight is 396 g/mol. The molecule has 0 bridgehead atoms. The van der Waals surface area contributed by atoms with Gasteiger partial charge in [-0.15, -0.1) is 0 Å². The lowest BCUT2D eigenvalue weighted by Crippen LogP contribution is -2.35. The lowest BCUT2D eigenvalue weighted by atomic mass is 10.0. The first-order valence-electron chi connectivity index (χ1n) is 9.62. The molecule has 0 radical (unpaired) electrons. The number of methoxy groups -OCH3 is 2. The zero-order chi connectivity index (χ0) is 21.0. The number of hydrogen-bond acceptors (Lipinski definition) is 4. The highest BCUT2D eigenvalue weighted by Gasteiger charge is 2.20. The zero-order valence-corrected chi connectivity index (χ0v) is 17.7. The molecule has 0 saturated carbocycles. The smallest absolute Gasteiger partial charge is 0.224 e. The lowest BCUT2D eigenvalue weighted by molar-refractivity contribution is -0.120. The van der Waals surface area contributed by atoms with Crippen molar-refractivity contribution in [2.45, 2.75) is 12.5 Å². The Morgan fingerprint density at radius 2 is 1.83 bits per heavy atom. The highest BCUT2D eigenvalue weighted by molar-refractivity contribution is 5.84. The summed E-state index contributed by atoms with van der Waals surface area (Å²) in [5.74, 6) is 1.25. The van der Waals surface area contributed by atoms with Gasteiger partial charge >= 0.3 is 0 Å². The third-order valence-electron chi connectivity index (χ3n) is 5.22. The first-order valence-corrected chi connectivity index (χ1v) is 9.62. The van der Waals surface area contributed by atoms with Crippen LogP contribution in [-0.4, -0.2) is 50.2 Å². The van der Waals surface area contributed by atoms with Crippen molar-refractivity contribution in [1.82, 2.24) is 14.8 Å². The molecule has 1 unspecified atom stereocenters. The number of benzene rings is 2. The molecule has 0 saturated heterocycles. The lowest BCUT2D eigenvalue weighted by Gasteiger charge is -2.24. The van der Waals surface area contributed by atoms with E-state index < -0.39 is 0 Å². The van der Waals surface area contributed by atoms with Crippen LogP contribution in [0.4, 0.5) is 0 Å². The highest BCUT2D eigenvalue weighted by Crippen LogP contribution is 2.29. The van der Waals surface area contributed by atoms with E-state index in [-0.39, 0.29) is 18.4 Å². The van der Waals surface area contributed by atoms with E-state index in [0.717, 1.165) is 5.56 Å². The molecule has 0 fully saturated rings. The van der Waals surface area contributed by atoms with E-state index in [0.29, 0.717) is 18.0 Å². The van der Waals surface area contributed by atoms with E-state index in [4.69, 9.17) is 9.47 Å². The van der Waals surface area contributed by atoms with Crippen LogP contribution in [0.15, 0.2) is 48.7 Å². The van der Waals surface area contributed by atoms with E-state index >= 15 is 0 Å². The highest BCUT2D eigenvalue weighted by atomic mass is 16.5. The molecule has 6 nitrogen and oxygen atoms in total. The van der Waals surface area contributed by atoms with Crippen molar-refractivity contribution < 1.29 is 14.3 Å². The molecular weight excluding hydrogens is 366 g/mol. The number of carbonyl (C=O) groups excluding carboxylic acids is 1. The predicted molar refractivity (Wildman–Crippen MR) is 116 cm³/mol. The molecule has 1 N–H and O–H groups in total. The number of ether oxygens (including phenoxy) is 2. The van der Waals surface area contributed by atoms with Crippen LogP contribution in [0.2, 0.25) is 0 Å². The molecule has 0 aliphatic rings. The molecule has 3 rings (SSSR count). The van der Waals surface area contributed by atoms with E-state index in [2.05, 4.69) is 33.1 Å². The van der Waals surface area contributed by atoms with Gasteiger partial charge in [-0.3, -0.25) is 4.79 Å². The van der Waals surface area contributed by atoms with Crippen LogP contribution in [0, 0.1) is 0 Å². The Kier molecular flexibility index (Phi) is 6.44. The van der Waals surface area contributed by atoms with Crippen molar-refractivity contribution in [3.8, 4) is 11.5 Å². The van der Waals surface area contributed by atoms with E-state index in [1.165, 1.54) is 16.5 Å². The Labute approximate surface area is 172 Å². The van der Waals surface area contributed by atoms with Gasteiger partial charge in [0.05, 0.1) is 26.7 Å². The van der Waals surface area contributed by atoms with Crippen molar-refractivity contribution >= 4 is 16.8 Å². The fourth-order valence-corrected chi connectivity index (χ4v) is 3.66. The van der Waals surface area contributed by atoms with Gasteiger partial charge in [-0.2, -0.15) is 0 Å². The number of nitrogens with zero attached hydrogens (tertiary/aromatic N) is 2. The third kappa shape index (κ3) is 4.54. The predicted octanol–water partition coefficient (Wildman–Crippen LogP) is 3.16. The molecule has 0 spiro atoms. The number of aromatic nitrogens is 1. The Morgan fingerprint density at radius 3 is 2.52 bits per heavy atom. The molecule has 1 heterocycles. The van der Waals surface area contributed by atoms with Crippen LogP contribution in [-0.2, 0) is 18.3 Å². The van der Waals surface area contributed by atoms with Crippen LogP contribution in [0.25, 0.3) is 10.9 Å². The number of para-hydroxylation sites is 1. The maximum atomic E-state index is 12.6. The topological polar surface area (TPSA) is 55.7 Å². The molecule has 1 atom stereocenters. The molecule has 1 aromatic heterocycles. The Hall–Kier alpha value is -2.99. The summed E-state index contributed by atoms with van der Waals surface area (Å²) in [7, 11) is 9.31. The summed E-state index contributed by atoms with van der Waals surface area (Å²) >= 11 is 0. The van der Waals surface area contributed by atoms with Crippen molar-refractivity contribution in [2.24, 2.45) is 7.05 Å². The maximum Gasteiger partial charge on any atom is 0.224 e. The first kappa shape index (κ1) is 20.7. The summed E-state index contributed by atoms with van der Waals surface area (Å²) in [6.07, 6.45) is 2.44. The number of aryl methyl sites for hydroxylation is 1. The van der Waals surface area contributed by atoms with Crippen LogP contribution in [0.1, 0.15) is 17.2 Å². The Balaban J connectivity index is 1.71. The van der Waals surface area contributed by atoms with E-state index in [9.17, 15) is 4.79 Å². The van der Waals surface area contributed by atoms with Crippen LogP contribution < -0.4 is 14.8 Å². The SMILES string of the molecule is COc1ccc(CC(=O)NCC(c2cn(C)c3ccccc23)N(C)C)cc1OC. The average Bonchev–Trinajstić information content (AvgIpc) is 3.04. The Morgan fingerprint density at radius 1 is 1.10 bits per heavy atom. The van der Waals surface area contributed by atoms with Gasteiger partial charge in [-0.05, 0) is 43.4 Å².